The van der Waals surface area contributed by atoms with E-state index in [1.807, 2.05) is 0 Å². The Hall–Kier alpha value is -1.54. The van der Waals surface area contributed by atoms with Gasteiger partial charge in [-0.2, -0.15) is 4.99 Å². The maximum Gasteiger partial charge on any atom is 0.235 e. The number of aryl methyl sites for hydroxylation is 1. The van der Waals surface area contributed by atoms with Gasteiger partial charge in [0.25, 0.3) is 0 Å². The molecule has 0 spiro atoms. The molecule has 0 N–H and O–H groups in total. The van der Waals surface area contributed by atoms with Crippen LogP contribution < -0.4 is 0 Å². The topological polar surface area (TPSA) is 29.4 Å². The highest BCUT2D eigenvalue weighted by Crippen LogP contribution is 2.51. The number of isocyanates is 1. The highest BCUT2D eigenvalue weighted by molar-refractivity contribution is 5.43. The molecule has 0 heterocycles. The first-order chi connectivity index (χ1) is 7.10. The van der Waals surface area contributed by atoms with E-state index in [1.54, 1.807) is 6.92 Å². The van der Waals surface area contributed by atoms with Gasteiger partial charge in [0, 0.05) is 0 Å². The minimum Gasteiger partial charge on any atom is -0.211 e. The van der Waals surface area contributed by atoms with E-state index in [2.05, 4.69) is 4.99 Å². The minimum atomic E-state index is -0.984. The predicted molar refractivity (Wildman–Crippen MR) is 50.1 cm³/mol. The van der Waals surface area contributed by atoms with Crippen LogP contribution in [0.2, 0.25) is 0 Å². The van der Waals surface area contributed by atoms with Crippen molar-refractivity contribution < 1.29 is 13.6 Å². The van der Waals surface area contributed by atoms with Crippen molar-refractivity contribution in [2.75, 3.05) is 0 Å². The Morgan fingerprint density at radius 2 is 2.07 bits per heavy atom. The number of benzene rings is 1. The molecule has 0 atom stereocenters. The van der Waals surface area contributed by atoms with Crippen molar-refractivity contribution in [3.8, 4) is 0 Å². The van der Waals surface area contributed by atoms with Crippen LogP contribution in [-0.4, -0.2) is 6.08 Å². The summed E-state index contributed by atoms with van der Waals surface area (Å²) in [6.07, 6.45) is 2.38. The van der Waals surface area contributed by atoms with Gasteiger partial charge in [-0.3, -0.25) is 0 Å². The van der Waals surface area contributed by atoms with Crippen LogP contribution in [0.25, 0.3) is 0 Å². The van der Waals surface area contributed by atoms with E-state index in [9.17, 15) is 13.6 Å². The Bertz CT molecular complexity index is 460. The smallest absolute Gasteiger partial charge is 0.211 e. The Kier molecular flexibility index (Phi) is 2.16. The fourth-order valence-electron chi connectivity index (χ4n) is 1.71. The molecule has 1 aliphatic rings. The van der Waals surface area contributed by atoms with Gasteiger partial charge >= 0.3 is 0 Å². The fraction of sp³-hybridized carbons (Fsp3) is 0.364. The number of halogens is 2. The van der Waals surface area contributed by atoms with Gasteiger partial charge in [-0.1, -0.05) is 6.07 Å². The molecule has 4 heteroatoms. The Labute approximate surface area is 85.6 Å². The summed E-state index contributed by atoms with van der Waals surface area (Å²) in [7, 11) is 0. The molecule has 0 amide bonds. The maximum absolute atomic E-state index is 13.7. The van der Waals surface area contributed by atoms with Gasteiger partial charge in [0.2, 0.25) is 6.08 Å². The molecule has 1 aromatic rings. The lowest BCUT2D eigenvalue weighted by Gasteiger charge is -2.12. The highest BCUT2D eigenvalue weighted by atomic mass is 19.1. The first-order valence-electron chi connectivity index (χ1n) is 4.65. The molecule has 1 aromatic carbocycles. The first kappa shape index (κ1) is 9.99. The highest BCUT2D eigenvalue weighted by Gasteiger charge is 2.48. The maximum atomic E-state index is 13.7. The average Bonchev–Trinajstić information content (AvgIpc) is 2.94. The lowest BCUT2D eigenvalue weighted by Crippen LogP contribution is -2.10. The summed E-state index contributed by atoms with van der Waals surface area (Å²) in [5.74, 6) is -1.25. The SMILES string of the molecule is Cc1ccc(F)c(C2(N=C=O)CC2)c1F. The zero-order valence-corrected chi connectivity index (χ0v) is 8.18. The predicted octanol–water partition coefficient (Wildman–Crippen LogP) is 2.60. The summed E-state index contributed by atoms with van der Waals surface area (Å²) >= 11 is 0. The number of hydrogen-bond acceptors (Lipinski definition) is 2. The van der Waals surface area contributed by atoms with Gasteiger partial charge < -0.3 is 0 Å². The van der Waals surface area contributed by atoms with Gasteiger partial charge in [-0.05, 0) is 31.4 Å². The molecule has 0 saturated heterocycles. The second kappa shape index (κ2) is 3.24. The van der Waals surface area contributed by atoms with Crippen molar-refractivity contribution in [1.82, 2.24) is 0 Å². The molecule has 1 saturated carbocycles. The summed E-state index contributed by atoms with van der Waals surface area (Å²) in [5, 5.41) is 0. The van der Waals surface area contributed by atoms with E-state index in [4.69, 9.17) is 0 Å². The quantitative estimate of drug-likeness (QED) is 0.543. The van der Waals surface area contributed by atoms with E-state index >= 15 is 0 Å². The molecular formula is C11H9F2NO. The Morgan fingerprint density at radius 3 is 2.60 bits per heavy atom. The summed E-state index contributed by atoms with van der Waals surface area (Å²) < 4.78 is 27.2. The van der Waals surface area contributed by atoms with Crippen molar-refractivity contribution >= 4 is 6.08 Å². The van der Waals surface area contributed by atoms with Gasteiger partial charge in [-0.15, -0.1) is 0 Å². The zero-order chi connectivity index (χ0) is 11.1. The third-order valence-corrected chi connectivity index (χ3v) is 2.73. The fourth-order valence-corrected chi connectivity index (χ4v) is 1.71. The molecular weight excluding hydrogens is 200 g/mol. The van der Waals surface area contributed by atoms with E-state index in [0.717, 1.165) is 0 Å². The molecule has 0 aromatic heterocycles. The molecule has 0 aliphatic heterocycles. The van der Waals surface area contributed by atoms with Gasteiger partial charge in [0.05, 0.1) is 5.56 Å². The largest absolute Gasteiger partial charge is 0.235 e. The summed E-state index contributed by atoms with van der Waals surface area (Å²) in [4.78, 5) is 13.7. The third-order valence-electron chi connectivity index (χ3n) is 2.73. The average molecular weight is 209 g/mol. The van der Waals surface area contributed by atoms with Crippen molar-refractivity contribution in [3.63, 3.8) is 0 Å². The number of hydrogen-bond donors (Lipinski definition) is 0. The van der Waals surface area contributed by atoms with E-state index in [-0.39, 0.29) is 5.56 Å². The molecule has 0 radical (unpaired) electrons. The zero-order valence-electron chi connectivity index (χ0n) is 8.18. The van der Waals surface area contributed by atoms with Crippen LogP contribution in [0, 0.1) is 18.6 Å². The van der Waals surface area contributed by atoms with Crippen LogP contribution >= 0.6 is 0 Å². The standard InChI is InChI=1S/C11H9F2NO/c1-7-2-3-8(12)9(10(7)13)11(4-5-11)14-6-15/h2-3H,4-5H2,1H3. The van der Waals surface area contributed by atoms with Crippen LogP contribution in [0.15, 0.2) is 17.1 Å². The van der Waals surface area contributed by atoms with Crippen molar-refractivity contribution in [2.45, 2.75) is 25.3 Å². The van der Waals surface area contributed by atoms with E-state index in [1.165, 1.54) is 18.2 Å². The van der Waals surface area contributed by atoms with E-state index in [0.29, 0.717) is 18.4 Å². The van der Waals surface area contributed by atoms with Gasteiger partial charge in [-0.25, -0.2) is 13.6 Å². The van der Waals surface area contributed by atoms with Gasteiger partial charge in [0.1, 0.15) is 17.2 Å². The van der Waals surface area contributed by atoms with Crippen LogP contribution in [0.3, 0.4) is 0 Å². The summed E-state index contributed by atoms with van der Waals surface area (Å²) in [5.41, 5.74) is -0.716. The molecule has 0 unspecified atom stereocenters. The molecule has 78 valence electrons. The number of carbonyl (C=O) groups excluding carboxylic acids is 1. The molecule has 0 bridgehead atoms. The Balaban J connectivity index is 2.62. The van der Waals surface area contributed by atoms with Crippen LogP contribution in [0.1, 0.15) is 24.0 Å². The molecule has 15 heavy (non-hydrogen) atoms. The lowest BCUT2D eigenvalue weighted by atomic mass is 10.0. The summed E-state index contributed by atoms with van der Waals surface area (Å²) in [6, 6.07) is 2.57. The van der Waals surface area contributed by atoms with Crippen LogP contribution in [0.5, 0.6) is 0 Å². The van der Waals surface area contributed by atoms with Crippen molar-refractivity contribution in [1.29, 1.82) is 0 Å². The second-order valence-corrected chi connectivity index (χ2v) is 3.79. The van der Waals surface area contributed by atoms with Crippen molar-refractivity contribution in [2.24, 2.45) is 4.99 Å². The number of nitrogens with zero attached hydrogens (tertiary/aromatic N) is 1. The third kappa shape index (κ3) is 1.47. The summed E-state index contributed by atoms with van der Waals surface area (Å²) in [6.45, 7) is 1.55. The normalized spacial score (nSPS) is 17.0. The Morgan fingerprint density at radius 1 is 1.40 bits per heavy atom. The number of rotatable bonds is 2. The van der Waals surface area contributed by atoms with Crippen LogP contribution in [0.4, 0.5) is 8.78 Å². The monoisotopic (exact) mass is 209 g/mol. The van der Waals surface area contributed by atoms with Crippen LogP contribution in [-0.2, 0) is 10.3 Å². The molecule has 1 aliphatic carbocycles. The first-order valence-corrected chi connectivity index (χ1v) is 4.65. The molecule has 2 rings (SSSR count). The second-order valence-electron chi connectivity index (χ2n) is 3.79. The minimum absolute atomic E-state index is 0.0918. The van der Waals surface area contributed by atoms with Gasteiger partial charge in [0.15, 0.2) is 0 Å². The molecule has 1 fully saturated rings. The molecule has 2 nitrogen and oxygen atoms in total. The van der Waals surface area contributed by atoms with E-state index < -0.39 is 17.2 Å². The van der Waals surface area contributed by atoms with Crippen molar-refractivity contribution in [3.05, 3.63) is 34.9 Å². The lowest BCUT2D eigenvalue weighted by molar-refractivity contribution is 0.510. The number of aliphatic imine (C=N–C) groups is 1.